The molecule has 1 rings (SSSR count). The SMILES string of the molecule is COC(=O)/C(=C/C(=O)O)CCCCCN1CCOCC1. The second kappa shape index (κ2) is 9.50. The summed E-state index contributed by atoms with van der Waals surface area (Å²) in [5.74, 6) is -1.67. The lowest BCUT2D eigenvalue weighted by Gasteiger charge is -2.26. The molecule has 0 spiro atoms. The van der Waals surface area contributed by atoms with Crippen molar-refractivity contribution in [2.45, 2.75) is 25.7 Å². The predicted octanol–water partition coefficient (Wildman–Crippen LogP) is 1.06. The molecule has 6 nitrogen and oxygen atoms in total. The molecule has 0 amide bonds. The molecule has 1 aliphatic heterocycles. The van der Waals surface area contributed by atoms with Crippen LogP contribution in [0.2, 0.25) is 0 Å². The van der Waals surface area contributed by atoms with Gasteiger partial charge in [0.1, 0.15) is 0 Å². The largest absolute Gasteiger partial charge is 0.478 e. The predicted molar refractivity (Wildman–Crippen MR) is 73.5 cm³/mol. The summed E-state index contributed by atoms with van der Waals surface area (Å²) < 4.78 is 9.85. The van der Waals surface area contributed by atoms with Crippen LogP contribution in [0, 0.1) is 0 Å². The first-order chi connectivity index (χ1) is 9.63. The third-order valence-corrected chi connectivity index (χ3v) is 3.27. The van der Waals surface area contributed by atoms with Gasteiger partial charge in [-0.15, -0.1) is 0 Å². The Kier molecular flexibility index (Phi) is 7.91. The summed E-state index contributed by atoms with van der Waals surface area (Å²) in [5, 5.41) is 8.70. The summed E-state index contributed by atoms with van der Waals surface area (Å²) in [4.78, 5) is 24.4. The zero-order valence-electron chi connectivity index (χ0n) is 12.0. The lowest BCUT2D eigenvalue weighted by atomic mass is 10.1. The van der Waals surface area contributed by atoms with Gasteiger partial charge in [-0.2, -0.15) is 0 Å². The van der Waals surface area contributed by atoms with Crippen LogP contribution < -0.4 is 0 Å². The number of carboxylic acid groups (broad SMARTS) is 1. The van der Waals surface area contributed by atoms with E-state index in [1.165, 1.54) is 7.11 Å². The number of esters is 1. The molecule has 0 bridgehead atoms. The topological polar surface area (TPSA) is 76.1 Å². The van der Waals surface area contributed by atoms with Crippen molar-refractivity contribution in [3.63, 3.8) is 0 Å². The first kappa shape index (κ1) is 16.7. The van der Waals surface area contributed by atoms with Crippen LogP contribution >= 0.6 is 0 Å². The van der Waals surface area contributed by atoms with E-state index < -0.39 is 11.9 Å². The third kappa shape index (κ3) is 6.68. The van der Waals surface area contributed by atoms with Crippen molar-refractivity contribution in [3.8, 4) is 0 Å². The molecular formula is C14H23NO5. The zero-order chi connectivity index (χ0) is 14.8. The number of nitrogens with zero attached hydrogens (tertiary/aromatic N) is 1. The molecule has 1 aliphatic rings. The molecular weight excluding hydrogens is 262 g/mol. The van der Waals surface area contributed by atoms with Crippen LogP contribution in [0.4, 0.5) is 0 Å². The van der Waals surface area contributed by atoms with Crippen molar-refractivity contribution in [1.82, 2.24) is 4.90 Å². The van der Waals surface area contributed by atoms with Gasteiger partial charge in [0.05, 0.1) is 20.3 Å². The Hall–Kier alpha value is -1.40. The first-order valence-corrected chi connectivity index (χ1v) is 6.95. The number of morpholine rings is 1. The van der Waals surface area contributed by atoms with Gasteiger partial charge in [0.15, 0.2) is 0 Å². The van der Waals surface area contributed by atoms with Crippen molar-refractivity contribution in [1.29, 1.82) is 0 Å². The standard InChI is InChI=1S/C14H23NO5/c1-19-14(18)12(11-13(16)17)5-3-2-4-6-15-7-9-20-10-8-15/h11H,2-10H2,1H3,(H,16,17)/b12-11+. The van der Waals surface area contributed by atoms with Crippen LogP contribution in [0.3, 0.4) is 0 Å². The molecule has 1 heterocycles. The van der Waals surface area contributed by atoms with E-state index in [0.717, 1.165) is 58.2 Å². The van der Waals surface area contributed by atoms with Gasteiger partial charge >= 0.3 is 11.9 Å². The van der Waals surface area contributed by atoms with Crippen LogP contribution in [0.5, 0.6) is 0 Å². The number of ether oxygens (including phenoxy) is 2. The number of aliphatic carboxylic acids is 1. The molecule has 0 aliphatic carbocycles. The van der Waals surface area contributed by atoms with Gasteiger partial charge in [0.25, 0.3) is 0 Å². The van der Waals surface area contributed by atoms with Crippen molar-refractivity contribution in [2.75, 3.05) is 40.0 Å². The second-order valence-electron chi connectivity index (χ2n) is 4.76. The molecule has 0 radical (unpaired) electrons. The number of carbonyl (C=O) groups is 2. The molecule has 0 aromatic rings. The highest BCUT2D eigenvalue weighted by molar-refractivity contribution is 5.95. The van der Waals surface area contributed by atoms with E-state index in [1.807, 2.05) is 0 Å². The van der Waals surface area contributed by atoms with Crippen LogP contribution in [-0.2, 0) is 19.1 Å². The fourth-order valence-electron chi connectivity index (χ4n) is 2.17. The number of methoxy groups -OCH3 is 1. The molecule has 0 aromatic heterocycles. The van der Waals surface area contributed by atoms with Gasteiger partial charge in [0.2, 0.25) is 0 Å². The summed E-state index contributed by atoms with van der Waals surface area (Å²) in [7, 11) is 1.26. The summed E-state index contributed by atoms with van der Waals surface area (Å²) in [6, 6.07) is 0. The molecule has 0 unspecified atom stereocenters. The molecule has 1 fully saturated rings. The molecule has 1 saturated heterocycles. The monoisotopic (exact) mass is 285 g/mol. The molecule has 20 heavy (non-hydrogen) atoms. The maximum atomic E-state index is 11.4. The van der Waals surface area contributed by atoms with E-state index in [1.54, 1.807) is 0 Å². The molecule has 6 heteroatoms. The summed E-state index contributed by atoms with van der Waals surface area (Å²) in [5.41, 5.74) is 0.228. The Morgan fingerprint density at radius 2 is 1.95 bits per heavy atom. The van der Waals surface area contributed by atoms with E-state index in [2.05, 4.69) is 9.64 Å². The van der Waals surface area contributed by atoms with Crippen LogP contribution in [-0.4, -0.2) is 61.9 Å². The Morgan fingerprint density at radius 3 is 2.55 bits per heavy atom. The summed E-state index contributed by atoms with van der Waals surface area (Å²) in [6.07, 6.45) is 4.18. The Morgan fingerprint density at radius 1 is 1.25 bits per heavy atom. The molecule has 0 saturated carbocycles. The highest BCUT2D eigenvalue weighted by Crippen LogP contribution is 2.11. The number of hydrogen-bond acceptors (Lipinski definition) is 5. The number of rotatable bonds is 8. The van der Waals surface area contributed by atoms with Gasteiger partial charge in [-0.25, -0.2) is 9.59 Å². The quantitative estimate of drug-likeness (QED) is 0.408. The van der Waals surface area contributed by atoms with E-state index in [4.69, 9.17) is 9.84 Å². The zero-order valence-corrected chi connectivity index (χ0v) is 12.0. The lowest BCUT2D eigenvalue weighted by molar-refractivity contribution is -0.137. The van der Waals surface area contributed by atoms with E-state index in [0.29, 0.717) is 6.42 Å². The highest BCUT2D eigenvalue weighted by Gasteiger charge is 2.12. The van der Waals surface area contributed by atoms with E-state index >= 15 is 0 Å². The molecule has 0 aromatic carbocycles. The lowest BCUT2D eigenvalue weighted by Crippen LogP contribution is -2.36. The first-order valence-electron chi connectivity index (χ1n) is 6.95. The molecule has 0 atom stereocenters. The van der Waals surface area contributed by atoms with Crippen molar-refractivity contribution < 1.29 is 24.2 Å². The van der Waals surface area contributed by atoms with Gasteiger partial charge in [-0.05, 0) is 25.8 Å². The van der Waals surface area contributed by atoms with Crippen LogP contribution in [0.1, 0.15) is 25.7 Å². The van der Waals surface area contributed by atoms with Crippen molar-refractivity contribution in [2.24, 2.45) is 0 Å². The van der Waals surface area contributed by atoms with Crippen molar-refractivity contribution in [3.05, 3.63) is 11.6 Å². The summed E-state index contributed by atoms with van der Waals surface area (Å²) >= 11 is 0. The van der Waals surface area contributed by atoms with E-state index in [-0.39, 0.29) is 5.57 Å². The second-order valence-corrected chi connectivity index (χ2v) is 4.76. The van der Waals surface area contributed by atoms with E-state index in [9.17, 15) is 9.59 Å². The minimum atomic E-state index is -1.11. The average molecular weight is 285 g/mol. The van der Waals surface area contributed by atoms with Crippen LogP contribution in [0.25, 0.3) is 0 Å². The minimum Gasteiger partial charge on any atom is -0.478 e. The van der Waals surface area contributed by atoms with Gasteiger partial charge in [-0.3, -0.25) is 4.90 Å². The summed E-state index contributed by atoms with van der Waals surface area (Å²) in [6.45, 7) is 4.58. The Balaban J connectivity index is 2.20. The number of hydrogen-bond donors (Lipinski definition) is 1. The smallest absolute Gasteiger partial charge is 0.333 e. The molecule has 114 valence electrons. The van der Waals surface area contributed by atoms with Crippen LogP contribution in [0.15, 0.2) is 11.6 Å². The average Bonchev–Trinajstić information content (AvgIpc) is 2.45. The molecule has 1 N–H and O–H groups in total. The fraction of sp³-hybridized carbons (Fsp3) is 0.714. The Bertz CT molecular complexity index is 347. The maximum absolute atomic E-state index is 11.4. The van der Waals surface area contributed by atoms with Crippen molar-refractivity contribution >= 4 is 11.9 Å². The van der Waals surface area contributed by atoms with Gasteiger partial charge < -0.3 is 14.6 Å². The maximum Gasteiger partial charge on any atom is 0.333 e. The number of unbranched alkanes of at least 4 members (excludes halogenated alkanes) is 2. The highest BCUT2D eigenvalue weighted by atomic mass is 16.5. The number of carboxylic acids is 1. The fourth-order valence-corrected chi connectivity index (χ4v) is 2.17. The third-order valence-electron chi connectivity index (χ3n) is 3.27. The number of carbonyl (C=O) groups excluding carboxylic acids is 1. The van der Waals surface area contributed by atoms with Gasteiger partial charge in [-0.1, -0.05) is 6.42 Å². The van der Waals surface area contributed by atoms with Gasteiger partial charge in [0, 0.05) is 24.7 Å². The Labute approximate surface area is 119 Å². The minimum absolute atomic E-state index is 0.228. The normalized spacial score (nSPS) is 16.9.